The quantitative estimate of drug-likeness (QED) is 0.124. The maximum atomic E-state index is 12.4. The molecule has 0 heterocycles. The molecular formula is C29H56O4. The molecule has 4 heteroatoms. The number of aliphatic carboxylic acids is 2. The smallest absolute Gasteiger partial charge is 0.309 e. The van der Waals surface area contributed by atoms with Crippen molar-refractivity contribution in [2.45, 2.75) is 168 Å². The summed E-state index contributed by atoms with van der Waals surface area (Å²) in [6, 6.07) is 0. The van der Waals surface area contributed by atoms with Gasteiger partial charge in [-0.3, -0.25) is 9.59 Å². The monoisotopic (exact) mass is 468 g/mol. The maximum absolute atomic E-state index is 12.4. The summed E-state index contributed by atoms with van der Waals surface area (Å²) in [6.45, 7) is 4.48. The van der Waals surface area contributed by atoms with Crippen LogP contribution in [0.15, 0.2) is 0 Å². The van der Waals surface area contributed by atoms with Crippen LogP contribution in [0.1, 0.15) is 168 Å². The predicted octanol–water partition coefficient (Wildman–Crippen LogP) is 9.54. The Morgan fingerprint density at radius 2 is 0.788 bits per heavy atom. The third kappa shape index (κ3) is 19.0. The van der Waals surface area contributed by atoms with E-state index in [1.807, 2.05) is 0 Å². The van der Waals surface area contributed by atoms with E-state index in [-0.39, 0.29) is 6.42 Å². The Labute approximate surface area is 205 Å². The van der Waals surface area contributed by atoms with Crippen molar-refractivity contribution in [2.75, 3.05) is 0 Å². The Morgan fingerprint density at radius 1 is 0.485 bits per heavy atom. The Balaban J connectivity index is 4.47. The minimum absolute atomic E-state index is 0.223. The van der Waals surface area contributed by atoms with Gasteiger partial charge in [0.2, 0.25) is 0 Å². The summed E-state index contributed by atoms with van der Waals surface area (Å²) in [7, 11) is 0. The first-order valence-corrected chi connectivity index (χ1v) is 14.4. The molecule has 0 aromatic heterocycles. The minimum Gasteiger partial charge on any atom is -0.481 e. The van der Waals surface area contributed by atoms with Crippen LogP contribution in [0, 0.1) is 5.41 Å². The third-order valence-corrected chi connectivity index (χ3v) is 7.27. The van der Waals surface area contributed by atoms with E-state index in [2.05, 4.69) is 13.8 Å². The summed E-state index contributed by atoms with van der Waals surface area (Å²) in [5.41, 5.74) is -0.572. The van der Waals surface area contributed by atoms with Crippen LogP contribution < -0.4 is 0 Å². The van der Waals surface area contributed by atoms with Crippen molar-refractivity contribution < 1.29 is 19.8 Å². The van der Waals surface area contributed by atoms with E-state index < -0.39 is 17.4 Å². The number of carbonyl (C=O) groups is 2. The number of hydrogen-bond acceptors (Lipinski definition) is 2. The van der Waals surface area contributed by atoms with E-state index in [4.69, 9.17) is 5.11 Å². The second kappa shape index (κ2) is 22.7. The molecule has 196 valence electrons. The van der Waals surface area contributed by atoms with Gasteiger partial charge in [0.15, 0.2) is 0 Å². The van der Waals surface area contributed by atoms with Crippen LogP contribution in [0.4, 0.5) is 0 Å². The van der Waals surface area contributed by atoms with E-state index in [0.717, 1.165) is 64.2 Å². The molecule has 0 saturated heterocycles. The molecule has 0 aromatic carbocycles. The van der Waals surface area contributed by atoms with Gasteiger partial charge in [0.1, 0.15) is 0 Å². The fourth-order valence-corrected chi connectivity index (χ4v) is 4.98. The highest BCUT2D eigenvalue weighted by molar-refractivity contribution is 5.74. The van der Waals surface area contributed by atoms with Crippen LogP contribution in [-0.2, 0) is 9.59 Å². The number of carboxylic acids is 2. The molecule has 0 aliphatic heterocycles. The summed E-state index contributed by atoms with van der Waals surface area (Å²) in [6.07, 6.45) is 25.9. The second-order valence-corrected chi connectivity index (χ2v) is 10.3. The zero-order valence-corrected chi connectivity index (χ0v) is 22.2. The van der Waals surface area contributed by atoms with Gasteiger partial charge >= 0.3 is 11.9 Å². The summed E-state index contributed by atoms with van der Waals surface area (Å²) < 4.78 is 0. The topological polar surface area (TPSA) is 74.6 Å². The largest absolute Gasteiger partial charge is 0.481 e. The Morgan fingerprint density at radius 3 is 1.09 bits per heavy atom. The fourth-order valence-electron chi connectivity index (χ4n) is 4.98. The van der Waals surface area contributed by atoms with Crippen LogP contribution in [-0.4, -0.2) is 22.2 Å². The number of unbranched alkanes of at least 4 members (excludes halogenated alkanes) is 17. The highest BCUT2D eigenvalue weighted by Gasteiger charge is 2.36. The van der Waals surface area contributed by atoms with Gasteiger partial charge in [-0.05, 0) is 25.7 Å². The first-order valence-electron chi connectivity index (χ1n) is 14.4. The van der Waals surface area contributed by atoms with Crippen molar-refractivity contribution >= 4 is 11.9 Å². The molecule has 0 aliphatic carbocycles. The molecule has 33 heavy (non-hydrogen) atoms. The van der Waals surface area contributed by atoms with Crippen LogP contribution in [0.2, 0.25) is 0 Å². The van der Waals surface area contributed by atoms with Crippen molar-refractivity contribution in [2.24, 2.45) is 5.41 Å². The zero-order chi connectivity index (χ0) is 24.6. The first-order chi connectivity index (χ1) is 16.0. The molecule has 0 radical (unpaired) electrons. The van der Waals surface area contributed by atoms with Crippen LogP contribution in [0.5, 0.6) is 0 Å². The van der Waals surface area contributed by atoms with E-state index in [1.54, 1.807) is 0 Å². The lowest BCUT2D eigenvalue weighted by Crippen LogP contribution is -2.31. The molecule has 0 saturated carbocycles. The summed E-state index contributed by atoms with van der Waals surface area (Å²) in [4.78, 5) is 23.1. The van der Waals surface area contributed by atoms with Crippen LogP contribution >= 0.6 is 0 Å². The average molecular weight is 469 g/mol. The summed E-state index contributed by atoms with van der Waals surface area (Å²) >= 11 is 0. The first kappa shape index (κ1) is 31.9. The molecule has 0 unspecified atom stereocenters. The third-order valence-electron chi connectivity index (χ3n) is 7.27. The van der Waals surface area contributed by atoms with Crippen molar-refractivity contribution in [1.82, 2.24) is 0 Å². The standard InChI is InChI=1S/C29H56O4/c1-3-5-7-9-11-13-16-20-24-29(28(32)33,26-22-18-15-19-23-27(30)31)25-21-17-14-12-10-8-6-4-2/h3-26H2,1-2H3,(H,30,31)(H,32,33). The number of carboxylic acid groups (broad SMARTS) is 2. The van der Waals surface area contributed by atoms with Crippen LogP contribution in [0.25, 0.3) is 0 Å². The van der Waals surface area contributed by atoms with Crippen molar-refractivity contribution in [3.8, 4) is 0 Å². The minimum atomic E-state index is -0.737. The van der Waals surface area contributed by atoms with Gasteiger partial charge in [-0.1, -0.05) is 136 Å². The molecular weight excluding hydrogens is 412 g/mol. The van der Waals surface area contributed by atoms with Crippen molar-refractivity contribution in [3.63, 3.8) is 0 Å². The summed E-state index contributed by atoms with van der Waals surface area (Å²) in [5.74, 6) is -1.34. The van der Waals surface area contributed by atoms with Gasteiger partial charge in [-0.15, -0.1) is 0 Å². The Hall–Kier alpha value is -1.06. The van der Waals surface area contributed by atoms with E-state index in [1.165, 1.54) is 77.0 Å². The van der Waals surface area contributed by atoms with Gasteiger partial charge in [0.25, 0.3) is 0 Å². The molecule has 0 amide bonds. The highest BCUT2D eigenvalue weighted by atomic mass is 16.4. The van der Waals surface area contributed by atoms with Gasteiger partial charge in [0, 0.05) is 6.42 Å². The predicted molar refractivity (Wildman–Crippen MR) is 140 cm³/mol. The molecule has 0 aliphatic rings. The van der Waals surface area contributed by atoms with Gasteiger partial charge in [0.05, 0.1) is 5.41 Å². The van der Waals surface area contributed by atoms with Gasteiger partial charge in [-0.25, -0.2) is 0 Å². The van der Waals surface area contributed by atoms with E-state index >= 15 is 0 Å². The zero-order valence-electron chi connectivity index (χ0n) is 22.2. The lowest BCUT2D eigenvalue weighted by atomic mass is 9.74. The molecule has 0 fully saturated rings. The molecule has 0 spiro atoms. The average Bonchev–Trinajstić information content (AvgIpc) is 2.78. The molecule has 2 N–H and O–H groups in total. The van der Waals surface area contributed by atoms with Gasteiger partial charge in [-0.2, -0.15) is 0 Å². The van der Waals surface area contributed by atoms with E-state index in [9.17, 15) is 14.7 Å². The molecule has 0 atom stereocenters. The van der Waals surface area contributed by atoms with Crippen molar-refractivity contribution in [1.29, 1.82) is 0 Å². The van der Waals surface area contributed by atoms with Gasteiger partial charge < -0.3 is 10.2 Å². The fraction of sp³-hybridized carbons (Fsp3) is 0.931. The maximum Gasteiger partial charge on any atom is 0.309 e. The molecule has 0 rings (SSSR count). The van der Waals surface area contributed by atoms with E-state index in [0.29, 0.717) is 6.42 Å². The molecule has 0 aromatic rings. The highest BCUT2D eigenvalue weighted by Crippen LogP contribution is 2.38. The normalized spacial score (nSPS) is 11.7. The number of hydrogen-bond donors (Lipinski definition) is 2. The number of rotatable bonds is 26. The molecule has 0 bridgehead atoms. The Bertz CT molecular complexity index is 441. The molecule has 4 nitrogen and oxygen atoms in total. The van der Waals surface area contributed by atoms with Crippen molar-refractivity contribution in [3.05, 3.63) is 0 Å². The second-order valence-electron chi connectivity index (χ2n) is 10.3. The lowest BCUT2D eigenvalue weighted by Gasteiger charge is -2.30. The summed E-state index contributed by atoms with van der Waals surface area (Å²) in [5, 5.41) is 19.0. The SMILES string of the molecule is CCCCCCCCCCC(CCCCCCCCCC)(CCCCCCC(=O)O)C(=O)O. The lowest BCUT2D eigenvalue weighted by molar-refractivity contribution is -0.150. The Kier molecular flexibility index (Phi) is 22.0. The van der Waals surface area contributed by atoms with Crippen LogP contribution in [0.3, 0.4) is 0 Å².